The van der Waals surface area contributed by atoms with E-state index in [1.54, 1.807) is 0 Å². The van der Waals surface area contributed by atoms with Crippen molar-refractivity contribution in [2.75, 3.05) is 26.2 Å². The Morgan fingerprint density at radius 2 is 2.09 bits per heavy atom. The molecule has 2 aromatic carbocycles. The molecule has 2 heterocycles. The summed E-state index contributed by atoms with van der Waals surface area (Å²) in [5, 5.41) is 15.1. The van der Waals surface area contributed by atoms with Gasteiger partial charge < -0.3 is 15.4 Å². The molecule has 180 valence electrons. The van der Waals surface area contributed by atoms with E-state index >= 15 is 0 Å². The number of benzene rings is 2. The maximum absolute atomic E-state index is 6.20. The number of aromatic amines is 1. The van der Waals surface area contributed by atoms with Crippen LogP contribution in [0.3, 0.4) is 0 Å². The Morgan fingerprint density at radius 3 is 2.82 bits per heavy atom. The first-order valence-electron chi connectivity index (χ1n) is 11.8. The predicted octanol–water partition coefficient (Wildman–Crippen LogP) is 5.93. The second kappa shape index (κ2) is 12.0. The summed E-state index contributed by atoms with van der Waals surface area (Å²) in [6.07, 6.45) is 6.29. The number of halogens is 2. The average molecular weight is 544 g/mol. The molecule has 1 atom stereocenters. The molecule has 3 aromatic rings. The Labute approximate surface area is 215 Å². The number of nitrogens with zero attached hydrogens (tertiary/aromatic N) is 1. The van der Waals surface area contributed by atoms with Crippen LogP contribution in [0.2, 0.25) is 5.02 Å². The molecule has 1 unspecified atom stereocenters. The molecule has 1 aliphatic heterocycles. The molecule has 0 bridgehead atoms. The van der Waals surface area contributed by atoms with Gasteiger partial charge in [0.1, 0.15) is 5.75 Å². The number of ether oxygens (including phenoxy) is 1. The van der Waals surface area contributed by atoms with Gasteiger partial charge in [0.25, 0.3) is 0 Å². The highest BCUT2D eigenvalue weighted by Gasteiger charge is 2.13. The van der Waals surface area contributed by atoms with E-state index < -0.39 is 0 Å². The Bertz CT molecular complexity index is 1120. The molecular formula is C27H32BrClN4O. The van der Waals surface area contributed by atoms with Crippen molar-refractivity contribution in [2.24, 2.45) is 5.92 Å². The molecule has 0 aliphatic carbocycles. The third kappa shape index (κ3) is 6.95. The van der Waals surface area contributed by atoms with E-state index in [0.717, 1.165) is 65.3 Å². The molecule has 34 heavy (non-hydrogen) atoms. The van der Waals surface area contributed by atoms with E-state index in [0.29, 0.717) is 17.5 Å². The predicted molar refractivity (Wildman–Crippen MR) is 144 cm³/mol. The zero-order valence-electron chi connectivity index (χ0n) is 19.8. The van der Waals surface area contributed by atoms with Gasteiger partial charge in [-0.3, -0.25) is 5.10 Å². The molecule has 0 amide bonds. The van der Waals surface area contributed by atoms with E-state index in [4.69, 9.17) is 16.3 Å². The van der Waals surface area contributed by atoms with Gasteiger partial charge in [0.15, 0.2) is 0 Å². The fourth-order valence-electron chi connectivity index (χ4n) is 4.31. The smallest absolute Gasteiger partial charge is 0.120 e. The minimum atomic E-state index is 0.609. The Morgan fingerprint density at radius 1 is 1.21 bits per heavy atom. The van der Waals surface area contributed by atoms with E-state index in [1.807, 2.05) is 25.1 Å². The van der Waals surface area contributed by atoms with Crippen molar-refractivity contribution < 1.29 is 4.74 Å². The third-order valence-corrected chi connectivity index (χ3v) is 7.15. The van der Waals surface area contributed by atoms with Crippen molar-refractivity contribution >= 4 is 39.7 Å². The first-order valence-corrected chi connectivity index (χ1v) is 13.0. The highest BCUT2D eigenvalue weighted by atomic mass is 79.9. The average Bonchev–Trinajstić information content (AvgIpc) is 3.44. The minimum Gasteiger partial charge on any atom is -0.493 e. The van der Waals surface area contributed by atoms with Gasteiger partial charge in [0, 0.05) is 28.2 Å². The van der Waals surface area contributed by atoms with Gasteiger partial charge >= 0.3 is 0 Å². The SMILES string of the molecule is Cc1n[nH]c(C)c1CCOc1cc(/C=C/c2ccc(Cl)cc2Br)cc(CNCC2CCNC2)c1. The summed E-state index contributed by atoms with van der Waals surface area (Å²) in [7, 11) is 0. The molecule has 0 saturated carbocycles. The summed E-state index contributed by atoms with van der Waals surface area (Å²) in [4.78, 5) is 0. The van der Waals surface area contributed by atoms with Gasteiger partial charge in [0.05, 0.1) is 12.3 Å². The standard InChI is InChI=1S/C27H32BrClN4O/c1-18-26(19(2)33-32-18)8-10-34-25-12-20(3-4-23-5-6-24(29)14-27(23)28)11-22(13-25)17-31-16-21-7-9-30-15-21/h3-6,11-14,21,30-31H,7-10,15-17H2,1-2H3,(H,32,33)/b4-3+. The summed E-state index contributed by atoms with van der Waals surface area (Å²) in [6, 6.07) is 12.3. The van der Waals surface area contributed by atoms with Crippen molar-refractivity contribution in [3.05, 3.63) is 79.5 Å². The molecule has 1 saturated heterocycles. The quantitative estimate of drug-likeness (QED) is 0.277. The zero-order chi connectivity index (χ0) is 23.9. The van der Waals surface area contributed by atoms with Crippen LogP contribution in [0.5, 0.6) is 5.75 Å². The van der Waals surface area contributed by atoms with Gasteiger partial charge in [-0.1, -0.05) is 51.8 Å². The van der Waals surface area contributed by atoms with E-state index in [9.17, 15) is 0 Å². The van der Waals surface area contributed by atoms with Crippen molar-refractivity contribution in [1.29, 1.82) is 0 Å². The summed E-state index contributed by atoms with van der Waals surface area (Å²) < 4.78 is 7.18. The van der Waals surface area contributed by atoms with Gasteiger partial charge in [-0.15, -0.1) is 0 Å². The topological polar surface area (TPSA) is 62.0 Å². The second-order valence-corrected chi connectivity index (χ2v) is 10.2. The van der Waals surface area contributed by atoms with Crippen molar-refractivity contribution in [2.45, 2.75) is 33.2 Å². The normalized spacial score (nSPS) is 15.9. The molecule has 1 fully saturated rings. The number of aromatic nitrogens is 2. The summed E-state index contributed by atoms with van der Waals surface area (Å²) in [5.74, 6) is 1.60. The van der Waals surface area contributed by atoms with Crippen LogP contribution in [0.4, 0.5) is 0 Å². The van der Waals surface area contributed by atoms with Gasteiger partial charge in [-0.25, -0.2) is 0 Å². The summed E-state index contributed by atoms with van der Waals surface area (Å²) >= 11 is 9.69. The minimum absolute atomic E-state index is 0.609. The Hall–Kier alpha value is -2.12. The lowest BCUT2D eigenvalue weighted by atomic mass is 10.1. The number of H-pyrrole nitrogens is 1. The zero-order valence-corrected chi connectivity index (χ0v) is 22.1. The number of hydrogen-bond donors (Lipinski definition) is 3. The van der Waals surface area contributed by atoms with Crippen LogP contribution in [0.25, 0.3) is 12.2 Å². The third-order valence-electron chi connectivity index (χ3n) is 6.23. The van der Waals surface area contributed by atoms with Crippen molar-refractivity contribution in [3.8, 4) is 5.75 Å². The van der Waals surface area contributed by atoms with Gasteiger partial charge in [-0.05, 0) is 92.3 Å². The number of rotatable bonds is 10. The van der Waals surface area contributed by atoms with Crippen LogP contribution < -0.4 is 15.4 Å². The maximum Gasteiger partial charge on any atom is 0.120 e. The van der Waals surface area contributed by atoms with Crippen LogP contribution in [0.15, 0.2) is 40.9 Å². The fourth-order valence-corrected chi connectivity index (χ4v) is 5.13. The van der Waals surface area contributed by atoms with Crippen molar-refractivity contribution in [1.82, 2.24) is 20.8 Å². The molecule has 3 N–H and O–H groups in total. The molecule has 4 rings (SSSR count). The van der Waals surface area contributed by atoms with E-state index in [-0.39, 0.29) is 0 Å². The first kappa shape index (κ1) is 25.0. The lowest BCUT2D eigenvalue weighted by molar-refractivity contribution is 0.321. The molecule has 1 aliphatic rings. The fraction of sp³-hybridized carbons (Fsp3) is 0.370. The van der Waals surface area contributed by atoms with Crippen LogP contribution in [0.1, 0.15) is 40.1 Å². The van der Waals surface area contributed by atoms with Crippen LogP contribution >= 0.6 is 27.5 Å². The monoisotopic (exact) mass is 542 g/mol. The number of hydrogen-bond acceptors (Lipinski definition) is 4. The largest absolute Gasteiger partial charge is 0.493 e. The Kier molecular flexibility index (Phi) is 8.84. The van der Waals surface area contributed by atoms with Crippen molar-refractivity contribution in [3.63, 3.8) is 0 Å². The molecule has 1 aromatic heterocycles. The van der Waals surface area contributed by atoms with Crippen LogP contribution in [-0.2, 0) is 13.0 Å². The van der Waals surface area contributed by atoms with Crippen LogP contribution in [0, 0.1) is 19.8 Å². The summed E-state index contributed by atoms with van der Waals surface area (Å²) in [5.41, 5.74) is 6.78. The van der Waals surface area contributed by atoms with Gasteiger partial charge in [-0.2, -0.15) is 5.10 Å². The first-order chi connectivity index (χ1) is 16.5. The molecule has 0 radical (unpaired) electrons. The van der Waals surface area contributed by atoms with E-state index in [1.165, 1.54) is 17.5 Å². The van der Waals surface area contributed by atoms with E-state index in [2.05, 4.69) is 74.0 Å². The van der Waals surface area contributed by atoms with Gasteiger partial charge in [0.2, 0.25) is 0 Å². The summed E-state index contributed by atoms with van der Waals surface area (Å²) in [6.45, 7) is 8.77. The molecule has 5 nitrogen and oxygen atoms in total. The second-order valence-electron chi connectivity index (χ2n) is 8.91. The number of aryl methyl sites for hydroxylation is 2. The molecule has 0 spiro atoms. The number of nitrogens with one attached hydrogen (secondary N) is 3. The lowest BCUT2D eigenvalue weighted by Crippen LogP contribution is -2.24. The highest BCUT2D eigenvalue weighted by Crippen LogP contribution is 2.25. The molecule has 7 heteroatoms. The lowest BCUT2D eigenvalue weighted by Gasteiger charge is -2.13. The molecular weight excluding hydrogens is 512 g/mol. The Balaban J connectivity index is 1.47. The van der Waals surface area contributed by atoms with Crippen LogP contribution in [-0.4, -0.2) is 36.4 Å². The maximum atomic E-state index is 6.20. The highest BCUT2D eigenvalue weighted by molar-refractivity contribution is 9.10.